The number of carbonyl (C=O) groups excluding carboxylic acids is 1. The van der Waals surface area contributed by atoms with E-state index in [9.17, 15) is 9.90 Å². The number of aliphatic hydroxyl groups excluding tert-OH is 1. The number of anilines is 2. The number of benzene rings is 2. The van der Waals surface area contributed by atoms with Gasteiger partial charge in [-0.25, -0.2) is 10.0 Å². The molecular weight excluding hydrogens is 550 g/mol. The minimum Gasteiger partial charge on any atom is -0.493 e. The summed E-state index contributed by atoms with van der Waals surface area (Å²) in [5, 5.41) is 14.8. The number of fused-ring (bicyclic) bond motifs is 1. The van der Waals surface area contributed by atoms with Crippen LogP contribution in [0.25, 0.3) is 10.9 Å². The quantitative estimate of drug-likeness (QED) is 0.235. The Morgan fingerprint density at radius 1 is 1.05 bits per heavy atom. The standard InChI is InChI=1S/C32H43N5O6/c1-24(2)43-27-7-5-26(6-8-27)37(23-39)36-12-10-35(11-13-36)32-25(22-38)21-33-29-20-31(30(40-3)19-28(29)32)42-16-4-9-34-14-17-41-18-15-34/h5-8,19-21,23-24,38H,4,9-18,22H2,1-3H3. The third-order valence-electron chi connectivity index (χ3n) is 7.80. The summed E-state index contributed by atoms with van der Waals surface area (Å²) in [4.78, 5) is 21.4. The van der Waals surface area contributed by atoms with Crippen molar-refractivity contribution in [3.05, 3.63) is 48.2 Å². The molecule has 5 rings (SSSR count). The second kappa shape index (κ2) is 14.7. The highest BCUT2D eigenvalue weighted by Crippen LogP contribution is 2.38. The van der Waals surface area contributed by atoms with Gasteiger partial charge in [0.15, 0.2) is 11.5 Å². The molecule has 1 aromatic heterocycles. The zero-order valence-corrected chi connectivity index (χ0v) is 25.4. The van der Waals surface area contributed by atoms with Crippen LogP contribution in [0.1, 0.15) is 25.8 Å². The number of carbonyl (C=O) groups is 1. The highest BCUT2D eigenvalue weighted by Gasteiger charge is 2.26. The summed E-state index contributed by atoms with van der Waals surface area (Å²) >= 11 is 0. The van der Waals surface area contributed by atoms with Gasteiger partial charge in [-0.15, -0.1) is 0 Å². The van der Waals surface area contributed by atoms with Gasteiger partial charge in [0.2, 0.25) is 6.41 Å². The molecule has 2 aliphatic rings. The van der Waals surface area contributed by atoms with Gasteiger partial charge in [-0.3, -0.25) is 14.7 Å². The summed E-state index contributed by atoms with van der Waals surface area (Å²) in [5.74, 6) is 2.06. The molecule has 11 nitrogen and oxygen atoms in total. The average Bonchev–Trinajstić information content (AvgIpc) is 3.04. The monoisotopic (exact) mass is 593 g/mol. The largest absolute Gasteiger partial charge is 0.493 e. The summed E-state index contributed by atoms with van der Waals surface area (Å²) < 4.78 is 23.1. The Morgan fingerprint density at radius 3 is 2.44 bits per heavy atom. The van der Waals surface area contributed by atoms with Crippen molar-refractivity contribution in [1.82, 2.24) is 14.9 Å². The Balaban J connectivity index is 1.28. The van der Waals surface area contributed by atoms with E-state index < -0.39 is 0 Å². The molecule has 0 radical (unpaired) electrons. The maximum atomic E-state index is 12.1. The van der Waals surface area contributed by atoms with E-state index in [0.717, 1.165) is 79.3 Å². The molecule has 0 saturated carbocycles. The summed E-state index contributed by atoms with van der Waals surface area (Å²) in [6.07, 6.45) is 3.57. The summed E-state index contributed by atoms with van der Waals surface area (Å²) in [7, 11) is 1.64. The van der Waals surface area contributed by atoms with Crippen molar-refractivity contribution in [2.75, 3.05) is 82.7 Å². The Kier molecular flexibility index (Phi) is 10.5. The van der Waals surface area contributed by atoms with E-state index >= 15 is 0 Å². The molecule has 1 N–H and O–H groups in total. The molecule has 43 heavy (non-hydrogen) atoms. The van der Waals surface area contributed by atoms with Gasteiger partial charge in [0.1, 0.15) is 5.75 Å². The van der Waals surface area contributed by atoms with Crippen molar-refractivity contribution in [1.29, 1.82) is 0 Å². The van der Waals surface area contributed by atoms with Crippen molar-refractivity contribution in [2.24, 2.45) is 0 Å². The molecule has 0 atom stereocenters. The van der Waals surface area contributed by atoms with Gasteiger partial charge < -0.3 is 29.0 Å². The smallest absolute Gasteiger partial charge is 0.228 e. The van der Waals surface area contributed by atoms with Gasteiger partial charge in [-0.2, -0.15) is 0 Å². The van der Waals surface area contributed by atoms with Gasteiger partial charge in [0.05, 0.1) is 56.5 Å². The first-order valence-corrected chi connectivity index (χ1v) is 15.0. The minimum atomic E-state index is -0.133. The molecule has 0 aliphatic carbocycles. The molecule has 2 saturated heterocycles. The third-order valence-corrected chi connectivity index (χ3v) is 7.80. The maximum absolute atomic E-state index is 12.1. The first-order valence-electron chi connectivity index (χ1n) is 15.0. The molecule has 11 heteroatoms. The molecule has 1 amide bonds. The van der Waals surface area contributed by atoms with Crippen LogP contribution >= 0.6 is 0 Å². The van der Waals surface area contributed by atoms with Crippen molar-refractivity contribution < 1.29 is 28.8 Å². The van der Waals surface area contributed by atoms with Gasteiger partial charge in [0.25, 0.3) is 0 Å². The Bertz CT molecular complexity index is 1340. The molecule has 232 valence electrons. The fourth-order valence-corrected chi connectivity index (χ4v) is 5.66. The lowest BCUT2D eigenvalue weighted by Crippen LogP contribution is -2.54. The first-order chi connectivity index (χ1) is 21.0. The molecule has 3 heterocycles. The first kappa shape index (κ1) is 30.8. The Morgan fingerprint density at radius 2 is 1.79 bits per heavy atom. The molecule has 0 spiro atoms. The predicted octanol–water partition coefficient (Wildman–Crippen LogP) is 3.32. The summed E-state index contributed by atoms with van der Waals surface area (Å²) in [5.41, 5.74) is 3.23. The van der Waals surface area contributed by atoms with Gasteiger partial charge in [0, 0.05) is 69.0 Å². The highest BCUT2D eigenvalue weighted by atomic mass is 16.5. The van der Waals surface area contributed by atoms with E-state index in [0.29, 0.717) is 44.3 Å². The summed E-state index contributed by atoms with van der Waals surface area (Å²) in [6, 6.07) is 11.4. The molecule has 2 fully saturated rings. The second-order valence-corrected chi connectivity index (χ2v) is 11.0. The van der Waals surface area contributed by atoms with Gasteiger partial charge in [-0.05, 0) is 50.6 Å². The van der Waals surface area contributed by atoms with Crippen LogP contribution in [0.3, 0.4) is 0 Å². The number of pyridine rings is 1. The van der Waals surface area contributed by atoms with Crippen LogP contribution in [0.4, 0.5) is 11.4 Å². The molecular formula is C32H43N5O6. The predicted molar refractivity (Wildman–Crippen MR) is 166 cm³/mol. The van der Waals surface area contributed by atoms with Crippen LogP contribution in [0.5, 0.6) is 17.2 Å². The zero-order chi connectivity index (χ0) is 30.2. The number of ether oxygens (including phenoxy) is 4. The van der Waals surface area contributed by atoms with Crippen LogP contribution in [0.2, 0.25) is 0 Å². The molecule has 2 aliphatic heterocycles. The molecule has 0 unspecified atom stereocenters. The molecule has 2 aromatic carbocycles. The summed E-state index contributed by atoms with van der Waals surface area (Å²) in [6.45, 7) is 11.4. The maximum Gasteiger partial charge on any atom is 0.228 e. The van der Waals surface area contributed by atoms with E-state index in [4.69, 9.17) is 18.9 Å². The average molecular weight is 594 g/mol. The van der Waals surface area contributed by atoms with E-state index in [-0.39, 0.29) is 12.7 Å². The number of nitrogens with zero attached hydrogens (tertiary/aromatic N) is 5. The number of rotatable bonds is 13. The van der Waals surface area contributed by atoms with E-state index in [1.807, 2.05) is 55.3 Å². The Hall–Kier alpha value is -3.64. The van der Waals surface area contributed by atoms with Crippen LogP contribution < -0.4 is 24.1 Å². The lowest BCUT2D eigenvalue weighted by Gasteiger charge is -2.41. The number of methoxy groups -OCH3 is 1. The third kappa shape index (κ3) is 7.48. The number of hydrogen-bond acceptors (Lipinski definition) is 10. The number of aromatic nitrogens is 1. The topological polar surface area (TPSA) is 100 Å². The highest BCUT2D eigenvalue weighted by molar-refractivity contribution is 5.95. The van der Waals surface area contributed by atoms with Crippen LogP contribution in [-0.2, 0) is 16.1 Å². The van der Waals surface area contributed by atoms with Crippen LogP contribution in [0, 0.1) is 0 Å². The fraction of sp³-hybridized carbons (Fsp3) is 0.500. The van der Waals surface area contributed by atoms with Crippen molar-refractivity contribution in [2.45, 2.75) is 33.0 Å². The second-order valence-electron chi connectivity index (χ2n) is 11.0. The van der Waals surface area contributed by atoms with Crippen LogP contribution in [0.15, 0.2) is 42.6 Å². The number of amides is 1. The number of hydrogen-bond donors (Lipinski definition) is 1. The lowest BCUT2D eigenvalue weighted by molar-refractivity contribution is -0.110. The van der Waals surface area contributed by atoms with Gasteiger partial charge >= 0.3 is 0 Å². The van der Waals surface area contributed by atoms with E-state index in [1.54, 1.807) is 18.3 Å². The molecule has 0 bridgehead atoms. The van der Waals surface area contributed by atoms with E-state index in [2.05, 4.69) is 14.8 Å². The SMILES string of the molecule is COc1cc2c(N3CCN(N(C=O)c4ccc(OC(C)C)cc4)CC3)c(CO)cnc2cc1OCCCN1CCOCC1. The van der Waals surface area contributed by atoms with Gasteiger partial charge in [-0.1, -0.05) is 0 Å². The number of aliphatic hydroxyl groups is 1. The fourth-order valence-electron chi connectivity index (χ4n) is 5.66. The minimum absolute atomic E-state index is 0.0823. The van der Waals surface area contributed by atoms with Crippen molar-refractivity contribution >= 4 is 28.7 Å². The van der Waals surface area contributed by atoms with Crippen molar-refractivity contribution in [3.63, 3.8) is 0 Å². The van der Waals surface area contributed by atoms with Crippen LogP contribution in [-0.4, -0.2) is 105 Å². The number of morpholine rings is 1. The number of hydrazine groups is 1. The normalized spacial score (nSPS) is 16.4. The zero-order valence-electron chi connectivity index (χ0n) is 25.4. The number of piperazine rings is 1. The lowest BCUT2D eigenvalue weighted by atomic mass is 10.1. The van der Waals surface area contributed by atoms with E-state index in [1.165, 1.54) is 0 Å². The van der Waals surface area contributed by atoms with Crippen molar-refractivity contribution in [3.8, 4) is 17.2 Å². The Labute approximate surface area is 253 Å². The molecule has 3 aromatic rings.